The maximum Gasteiger partial charge on any atom is 0.164 e. The van der Waals surface area contributed by atoms with Gasteiger partial charge in [-0.05, 0) is 40.6 Å². The maximum absolute atomic E-state index is 6.65. The summed E-state index contributed by atoms with van der Waals surface area (Å²) in [5, 5.41) is 5.68. The van der Waals surface area contributed by atoms with Gasteiger partial charge < -0.3 is 11.1 Å². The van der Waals surface area contributed by atoms with Gasteiger partial charge in [0.25, 0.3) is 0 Å². The molecule has 3 aromatic carbocycles. The second-order valence-electron chi connectivity index (χ2n) is 9.22. The maximum atomic E-state index is 6.65. The molecule has 0 amide bonds. The third-order valence-electron chi connectivity index (χ3n) is 6.54. The molecule has 3 N–H and O–H groups in total. The molecule has 1 aromatic heterocycles. The molecular formula is C35H33N5. The first-order chi connectivity index (χ1) is 19.7. The number of allylic oxidation sites excluding steroid dienone is 7. The van der Waals surface area contributed by atoms with Crippen LogP contribution < -0.4 is 21.5 Å². The zero-order valence-corrected chi connectivity index (χ0v) is 22.8. The minimum atomic E-state index is -0.304. The van der Waals surface area contributed by atoms with Gasteiger partial charge >= 0.3 is 0 Å². The largest absolute Gasteiger partial charge is 0.361 e. The fourth-order valence-electron chi connectivity index (χ4n) is 4.52. The van der Waals surface area contributed by atoms with E-state index in [0.717, 1.165) is 39.6 Å². The zero-order valence-electron chi connectivity index (χ0n) is 22.8. The van der Waals surface area contributed by atoms with Crippen LogP contribution in [0.4, 0.5) is 0 Å². The highest BCUT2D eigenvalue weighted by Gasteiger charge is 2.15. The van der Waals surface area contributed by atoms with Gasteiger partial charge in [-0.25, -0.2) is 15.0 Å². The molecule has 0 fully saturated rings. The van der Waals surface area contributed by atoms with Gasteiger partial charge in [0.15, 0.2) is 17.5 Å². The summed E-state index contributed by atoms with van der Waals surface area (Å²) in [7, 11) is 0. The molecular weight excluding hydrogens is 490 g/mol. The van der Waals surface area contributed by atoms with Crippen LogP contribution in [0.25, 0.3) is 40.6 Å². The van der Waals surface area contributed by atoms with Crippen LogP contribution in [0.1, 0.15) is 37.7 Å². The first-order valence-corrected chi connectivity index (χ1v) is 13.7. The Labute approximate surface area is 235 Å². The second kappa shape index (κ2) is 12.8. The van der Waals surface area contributed by atoms with E-state index in [1.54, 1.807) is 0 Å². The SMILES string of the molecule is CC.NC(/C=C1/C=c2ccccc2=CN1)c1cccc(-c2nc(C3=CC=CC=CC3)nc(-c3ccccc3)n2)c1. The van der Waals surface area contributed by atoms with E-state index in [9.17, 15) is 0 Å². The summed E-state index contributed by atoms with van der Waals surface area (Å²) >= 11 is 0. The Kier molecular flexibility index (Phi) is 8.54. The molecule has 1 unspecified atom stereocenters. The van der Waals surface area contributed by atoms with Crippen LogP contribution in [0, 0.1) is 0 Å². The Balaban J connectivity index is 0.00000158. The third-order valence-corrected chi connectivity index (χ3v) is 6.54. The van der Waals surface area contributed by atoms with Crippen LogP contribution in [-0.2, 0) is 0 Å². The van der Waals surface area contributed by atoms with Crippen molar-refractivity contribution in [2.45, 2.75) is 26.3 Å². The van der Waals surface area contributed by atoms with Crippen LogP contribution in [0.2, 0.25) is 0 Å². The first-order valence-electron chi connectivity index (χ1n) is 13.7. The summed E-state index contributed by atoms with van der Waals surface area (Å²) in [5.74, 6) is 1.95. The highest BCUT2D eigenvalue weighted by Crippen LogP contribution is 2.26. The Hall–Kier alpha value is -4.87. The number of benzene rings is 3. The van der Waals surface area contributed by atoms with E-state index in [1.165, 1.54) is 5.22 Å². The summed E-state index contributed by atoms with van der Waals surface area (Å²) in [6, 6.07) is 26.1. The molecule has 0 bridgehead atoms. The van der Waals surface area contributed by atoms with E-state index >= 15 is 0 Å². The average Bonchev–Trinajstić information content (AvgIpc) is 3.32. The molecule has 0 saturated heterocycles. The molecule has 198 valence electrons. The number of nitrogens with zero attached hydrogens (tertiary/aromatic N) is 3. The van der Waals surface area contributed by atoms with Crippen LogP contribution >= 0.6 is 0 Å². The molecule has 2 heterocycles. The van der Waals surface area contributed by atoms with Crippen molar-refractivity contribution >= 4 is 17.8 Å². The normalized spacial score (nSPS) is 15.3. The number of nitrogens with two attached hydrogens (primary N) is 1. The summed E-state index contributed by atoms with van der Waals surface area (Å²) in [6.45, 7) is 4.00. The van der Waals surface area contributed by atoms with E-state index < -0.39 is 0 Å². The minimum absolute atomic E-state index is 0.304. The molecule has 0 spiro atoms. The van der Waals surface area contributed by atoms with Crippen molar-refractivity contribution in [3.63, 3.8) is 0 Å². The minimum Gasteiger partial charge on any atom is -0.361 e. The number of aromatic nitrogens is 3. The Morgan fingerprint density at radius 1 is 0.750 bits per heavy atom. The Morgan fingerprint density at radius 3 is 2.27 bits per heavy atom. The lowest BCUT2D eigenvalue weighted by Gasteiger charge is -2.14. The molecule has 5 heteroatoms. The quantitative estimate of drug-likeness (QED) is 0.344. The second-order valence-corrected chi connectivity index (χ2v) is 9.22. The molecule has 5 nitrogen and oxygen atoms in total. The Morgan fingerprint density at radius 2 is 1.45 bits per heavy atom. The van der Waals surface area contributed by atoms with Gasteiger partial charge in [-0.3, -0.25) is 0 Å². The van der Waals surface area contributed by atoms with Gasteiger partial charge in [-0.2, -0.15) is 0 Å². The topological polar surface area (TPSA) is 76.7 Å². The van der Waals surface area contributed by atoms with Crippen LogP contribution in [0.15, 0.2) is 121 Å². The van der Waals surface area contributed by atoms with E-state index in [4.69, 9.17) is 20.7 Å². The highest BCUT2D eigenvalue weighted by atomic mass is 15.0. The molecule has 0 radical (unpaired) electrons. The van der Waals surface area contributed by atoms with Crippen LogP contribution in [0.5, 0.6) is 0 Å². The lowest BCUT2D eigenvalue weighted by atomic mass is 10.0. The third kappa shape index (κ3) is 6.22. The summed E-state index contributed by atoms with van der Waals surface area (Å²) < 4.78 is 0. The van der Waals surface area contributed by atoms with Gasteiger partial charge in [0.1, 0.15) is 0 Å². The fraction of sp³-hybridized carbons (Fsp3) is 0.114. The number of nitrogens with one attached hydrogen (secondary N) is 1. The van der Waals surface area contributed by atoms with Gasteiger partial charge in [0, 0.05) is 28.6 Å². The fourth-order valence-corrected chi connectivity index (χ4v) is 4.52. The summed E-state index contributed by atoms with van der Waals surface area (Å²) in [6.07, 6.45) is 17.2. The van der Waals surface area contributed by atoms with Crippen molar-refractivity contribution in [3.05, 3.63) is 143 Å². The molecule has 6 rings (SSSR count). The van der Waals surface area contributed by atoms with E-state index in [0.29, 0.717) is 17.5 Å². The van der Waals surface area contributed by atoms with Crippen molar-refractivity contribution < 1.29 is 0 Å². The van der Waals surface area contributed by atoms with Crippen molar-refractivity contribution in [1.82, 2.24) is 20.3 Å². The smallest absolute Gasteiger partial charge is 0.164 e. The van der Waals surface area contributed by atoms with Crippen molar-refractivity contribution in [2.24, 2.45) is 5.73 Å². The average molecular weight is 524 g/mol. The number of fused-ring (bicyclic) bond motifs is 1. The van der Waals surface area contributed by atoms with Gasteiger partial charge in [0.05, 0.1) is 6.04 Å². The molecule has 40 heavy (non-hydrogen) atoms. The molecule has 1 aliphatic carbocycles. The molecule has 0 saturated carbocycles. The number of rotatable bonds is 5. The Bertz CT molecular complexity index is 1730. The molecule has 4 aromatic rings. The van der Waals surface area contributed by atoms with Gasteiger partial charge in [-0.1, -0.05) is 117 Å². The van der Waals surface area contributed by atoms with Gasteiger partial charge in [0.2, 0.25) is 0 Å². The van der Waals surface area contributed by atoms with E-state index in [-0.39, 0.29) is 6.04 Å². The molecule has 1 atom stereocenters. The standard InChI is InChI=1S/C33H27N5.C2H6/c34-30(21-29-20-25-15-8-9-16-28(25)22-35-29)26-17-10-18-27(19-26)33-37-31(23-11-4-1-2-5-12-23)36-32(38-33)24-13-6-3-7-14-24;1-2/h1-11,13-22,30,35H,12,34H2;1-2H3/b29-21-;. The predicted molar refractivity (Wildman–Crippen MR) is 166 cm³/mol. The first kappa shape index (κ1) is 26.7. The summed E-state index contributed by atoms with van der Waals surface area (Å²) in [5.41, 5.74) is 11.5. The van der Waals surface area contributed by atoms with Crippen molar-refractivity contribution in [2.75, 3.05) is 0 Å². The van der Waals surface area contributed by atoms with Crippen molar-refractivity contribution in [3.8, 4) is 22.8 Å². The van der Waals surface area contributed by atoms with Crippen LogP contribution in [0.3, 0.4) is 0 Å². The van der Waals surface area contributed by atoms with Crippen molar-refractivity contribution in [1.29, 1.82) is 0 Å². The molecule has 1 aliphatic heterocycles. The molecule has 2 aliphatic rings. The zero-order chi connectivity index (χ0) is 27.7. The lowest BCUT2D eigenvalue weighted by Crippen LogP contribution is -2.31. The predicted octanol–water partition coefficient (Wildman–Crippen LogP) is 5.84. The van der Waals surface area contributed by atoms with Crippen LogP contribution in [-0.4, -0.2) is 15.0 Å². The lowest BCUT2D eigenvalue weighted by molar-refractivity contribution is 0.894. The van der Waals surface area contributed by atoms with E-state index in [1.807, 2.05) is 105 Å². The van der Waals surface area contributed by atoms with Gasteiger partial charge in [-0.15, -0.1) is 0 Å². The monoisotopic (exact) mass is 523 g/mol. The number of hydrogen-bond donors (Lipinski definition) is 2. The van der Waals surface area contributed by atoms with E-state index in [2.05, 4.69) is 41.7 Å². The number of hydrogen-bond acceptors (Lipinski definition) is 5. The summed E-state index contributed by atoms with van der Waals surface area (Å²) in [4.78, 5) is 14.6. The highest BCUT2D eigenvalue weighted by molar-refractivity contribution is 5.69.